The summed E-state index contributed by atoms with van der Waals surface area (Å²) in [6, 6.07) is 6.15. The Labute approximate surface area is 125 Å². The summed E-state index contributed by atoms with van der Waals surface area (Å²) in [5.41, 5.74) is 6.15. The quantitative estimate of drug-likeness (QED) is 0.876. The molecule has 1 aliphatic rings. The highest BCUT2D eigenvalue weighted by molar-refractivity contribution is 5.95. The fraction of sp³-hybridized carbons (Fsp3) is 0.562. The first-order valence-corrected chi connectivity index (χ1v) is 7.56. The molecule has 0 spiro atoms. The fourth-order valence-electron chi connectivity index (χ4n) is 2.79. The molecule has 1 saturated heterocycles. The van der Waals surface area contributed by atoms with Crippen LogP contribution in [0.2, 0.25) is 0 Å². The molecule has 2 unspecified atom stereocenters. The third kappa shape index (κ3) is 3.80. The number of anilines is 1. The summed E-state index contributed by atoms with van der Waals surface area (Å²) in [5.74, 6) is -0.470. The zero-order valence-electron chi connectivity index (χ0n) is 12.4. The maximum atomic E-state index is 13.4. The summed E-state index contributed by atoms with van der Waals surface area (Å²) in [6.45, 7) is 3.63. The number of nitrogens with two attached hydrogens (primary N) is 1. The van der Waals surface area contributed by atoms with Gasteiger partial charge >= 0.3 is 0 Å². The first-order chi connectivity index (χ1) is 10.2. The minimum absolute atomic E-state index is 0.0124. The van der Waals surface area contributed by atoms with Crippen molar-refractivity contribution >= 4 is 11.6 Å². The lowest BCUT2D eigenvalue weighted by Crippen LogP contribution is -2.40. The molecule has 1 aromatic rings. The number of carbonyl (C=O) groups excluding carboxylic acids is 1. The SMILES string of the molecule is CCC1OCCC1C(=O)N(CCCN)c1cccc(F)c1. The molecule has 0 bridgehead atoms. The van der Waals surface area contributed by atoms with Crippen molar-refractivity contribution in [1.82, 2.24) is 0 Å². The van der Waals surface area contributed by atoms with Crippen LogP contribution in [-0.2, 0) is 9.53 Å². The summed E-state index contributed by atoms with van der Waals surface area (Å²) < 4.78 is 19.0. The van der Waals surface area contributed by atoms with E-state index in [1.54, 1.807) is 17.0 Å². The van der Waals surface area contributed by atoms with Crippen LogP contribution in [0.15, 0.2) is 24.3 Å². The summed E-state index contributed by atoms with van der Waals surface area (Å²) >= 11 is 0. The minimum Gasteiger partial charge on any atom is -0.377 e. The summed E-state index contributed by atoms with van der Waals surface area (Å²) in [5, 5.41) is 0. The first-order valence-electron chi connectivity index (χ1n) is 7.56. The second kappa shape index (κ2) is 7.52. The van der Waals surface area contributed by atoms with Gasteiger partial charge in [0.2, 0.25) is 5.91 Å². The second-order valence-electron chi connectivity index (χ2n) is 5.32. The maximum absolute atomic E-state index is 13.4. The summed E-state index contributed by atoms with van der Waals surface area (Å²) in [7, 11) is 0. The van der Waals surface area contributed by atoms with Crippen LogP contribution in [0.25, 0.3) is 0 Å². The van der Waals surface area contributed by atoms with Gasteiger partial charge in [0, 0.05) is 18.8 Å². The Morgan fingerprint density at radius 1 is 1.52 bits per heavy atom. The van der Waals surface area contributed by atoms with Crippen LogP contribution < -0.4 is 10.6 Å². The van der Waals surface area contributed by atoms with Gasteiger partial charge in [0.15, 0.2) is 0 Å². The highest BCUT2D eigenvalue weighted by Crippen LogP contribution is 2.28. The van der Waals surface area contributed by atoms with Gasteiger partial charge < -0.3 is 15.4 Å². The van der Waals surface area contributed by atoms with Crippen LogP contribution in [0.5, 0.6) is 0 Å². The second-order valence-corrected chi connectivity index (χ2v) is 5.32. The van der Waals surface area contributed by atoms with E-state index in [1.807, 2.05) is 6.92 Å². The Balaban J connectivity index is 2.20. The minimum atomic E-state index is -0.340. The molecule has 2 rings (SSSR count). The zero-order valence-corrected chi connectivity index (χ0v) is 12.4. The number of halogens is 1. The van der Waals surface area contributed by atoms with Crippen molar-refractivity contribution in [2.45, 2.75) is 32.3 Å². The highest BCUT2D eigenvalue weighted by Gasteiger charge is 2.35. The van der Waals surface area contributed by atoms with Gasteiger partial charge in [0.05, 0.1) is 12.0 Å². The van der Waals surface area contributed by atoms with Crippen molar-refractivity contribution in [3.8, 4) is 0 Å². The van der Waals surface area contributed by atoms with E-state index < -0.39 is 0 Å². The van der Waals surface area contributed by atoms with Crippen LogP contribution >= 0.6 is 0 Å². The molecule has 2 atom stereocenters. The molecular weight excluding hydrogens is 271 g/mol. The molecule has 5 heteroatoms. The molecule has 0 radical (unpaired) electrons. The van der Waals surface area contributed by atoms with Gasteiger partial charge in [-0.25, -0.2) is 4.39 Å². The van der Waals surface area contributed by atoms with E-state index >= 15 is 0 Å². The predicted molar refractivity (Wildman–Crippen MR) is 80.6 cm³/mol. The molecule has 0 aliphatic carbocycles. The van der Waals surface area contributed by atoms with Crippen molar-refractivity contribution in [2.75, 3.05) is 24.6 Å². The number of hydrogen-bond acceptors (Lipinski definition) is 3. The van der Waals surface area contributed by atoms with E-state index in [0.717, 1.165) is 12.8 Å². The van der Waals surface area contributed by atoms with Gasteiger partial charge in [-0.3, -0.25) is 4.79 Å². The average molecular weight is 294 g/mol. The lowest BCUT2D eigenvalue weighted by atomic mass is 9.97. The lowest BCUT2D eigenvalue weighted by Gasteiger charge is -2.27. The Morgan fingerprint density at radius 2 is 2.33 bits per heavy atom. The number of ether oxygens (including phenoxy) is 1. The number of rotatable bonds is 6. The zero-order chi connectivity index (χ0) is 15.2. The van der Waals surface area contributed by atoms with E-state index in [1.165, 1.54) is 12.1 Å². The normalized spacial score (nSPS) is 21.5. The Hall–Kier alpha value is -1.46. The van der Waals surface area contributed by atoms with E-state index in [-0.39, 0.29) is 23.7 Å². The molecule has 1 aromatic carbocycles. The van der Waals surface area contributed by atoms with Crippen LogP contribution in [0.4, 0.5) is 10.1 Å². The smallest absolute Gasteiger partial charge is 0.232 e. The molecule has 1 amide bonds. The fourth-order valence-corrected chi connectivity index (χ4v) is 2.79. The molecule has 0 aromatic heterocycles. The van der Waals surface area contributed by atoms with Crippen molar-refractivity contribution in [1.29, 1.82) is 0 Å². The van der Waals surface area contributed by atoms with E-state index in [4.69, 9.17) is 10.5 Å². The molecular formula is C16H23FN2O2. The maximum Gasteiger partial charge on any atom is 0.232 e. The monoisotopic (exact) mass is 294 g/mol. The van der Waals surface area contributed by atoms with E-state index in [9.17, 15) is 9.18 Å². The van der Waals surface area contributed by atoms with Gasteiger partial charge in [-0.15, -0.1) is 0 Å². The standard InChI is InChI=1S/C16H23FN2O2/c1-2-15-14(7-10-21-15)16(20)19(9-4-8-18)13-6-3-5-12(17)11-13/h3,5-6,11,14-15H,2,4,7-10,18H2,1H3. The third-order valence-corrected chi connectivity index (χ3v) is 3.90. The topological polar surface area (TPSA) is 55.6 Å². The average Bonchev–Trinajstić information content (AvgIpc) is 2.96. The number of hydrogen-bond donors (Lipinski definition) is 1. The molecule has 1 heterocycles. The van der Waals surface area contributed by atoms with Crippen molar-refractivity contribution in [3.63, 3.8) is 0 Å². The molecule has 2 N–H and O–H groups in total. The highest BCUT2D eigenvalue weighted by atomic mass is 19.1. The largest absolute Gasteiger partial charge is 0.377 e. The van der Waals surface area contributed by atoms with E-state index in [2.05, 4.69) is 0 Å². The molecule has 116 valence electrons. The van der Waals surface area contributed by atoms with Crippen LogP contribution in [-0.4, -0.2) is 31.7 Å². The molecule has 0 saturated carbocycles. The number of carbonyl (C=O) groups is 1. The summed E-state index contributed by atoms with van der Waals surface area (Å²) in [4.78, 5) is 14.5. The molecule has 4 nitrogen and oxygen atoms in total. The van der Waals surface area contributed by atoms with Gasteiger partial charge in [-0.05, 0) is 44.0 Å². The van der Waals surface area contributed by atoms with E-state index in [0.29, 0.717) is 31.8 Å². The molecule has 1 fully saturated rings. The Bertz CT molecular complexity index is 481. The molecule has 21 heavy (non-hydrogen) atoms. The van der Waals surface area contributed by atoms with Crippen LogP contribution in [0.3, 0.4) is 0 Å². The number of amides is 1. The number of nitrogens with zero attached hydrogens (tertiary/aromatic N) is 1. The van der Waals surface area contributed by atoms with Crippen molar-refractivity contribution in [2.24, 2.45) is 11.7 Å². The third-order valence-electron chi connectivity index (χ3n) is 3.90. The van der Waals surface area contributed by atoms with Crippen molar-refractivity contribution < 1.29 is 13.9 Å². The van der Waals surface area contributed by atoms with Crippen LogP contribution in [0, 0.1) is 11.7 Å². The van der Waals surface area contributed by atoms with Gasteiger partial charge in [-0.1, -0.05) is 13.0 Å². The van der Waals surface area contributed by atoms with Gasteiger partial charge in [0.25, 0.3) is 0 Å². The van der Waals surface area contributed by atoms with Crippen LogP contribution in [0.1, 0.15) is 26.2 Å². The van der Waals surface area contributed by atoms with Crippen molar-refractivity contribution in [3.05, 3.63) is 30.1 Å². The summed E-state index contributed by atoms with van der Waals surface area (Å²) in [6.07, 6.45) is 2.19. The van der Waals surface area contributed by atoms with Gasteiger partial charge in [0.1, 0.15) is 5.82 Å². The lowest BCUT2D eigenvalue weighted by molar-refractivity contribution is -0.124. The Morgan fingerprint density at radius 3 is 3.00 bits per heavy atom. The Kier molecular flexibility index (Phi) is 5.70. The van der Waals surface area contributed by atoms with Gasteiger partial charge in [-0.2, -0.15) is 0 Å². The first kappa shape index (κ1) is 15.9. The predicted octanol–water partition coefficient (Wildman–Crippen LogP) is 2.32. The number of benzene rings is 1. The molecule has 1 aliphatic heterocycles.